The summed E-state index contributed by atoms with van der Waals surface area (Å²) in [6.07, 6.45) is 8.64. The number of hydrogen-bond acceptors (Lipinski definition) is 1. The summed E-state index contributed by atoms with van der Waals surface area (Å²) >= 11 is 0. The second-order valence-electron chi connectivity index (χ2n) is 7.63. The first kappa shape index (κ1) is 16.4. The van der Waals surface area contributed by atoms with Crippen molar-refractivity contribution in [2.24, 2.45) is 0 Å². The normalized spacial score (nSPS) is 17.3. The van der Waals surface area contributed by atoms with Gasteiger partial charge in [-0.2, -0.15) is 0 Å². The summed E-state index contributed by atoms with van der Waals surface area (Å²) in [6.45, 7) is 16.1. The molecule has 0 N–H and O–H groups in total. The standard InChI is InChI=1S/C16H28OSi2/c1-13(17)10-14-8-9-15(18(2,3)4)12-16(11-14)19(5,6)7/h8,11-12H,9-10H2,1-7H3. The molecule has 0 aliphatic heterocycles. The van der Waals surface area contributed by atoms with Crippen LogP contribution in [0.15, 0.2) is 34.2 Å². The minimum absolute atomic E-state index is 0.258. The molecular formula is C16H28OSi2. The third kappa shape index (κ3) is 5.07. The van der Waals surface area contributed by atoms with Crippen molar-refractivity contribution in [1.29, 1.82) is 0 Å². The summed E-state index contributed by atoms with van der Waals surface area (Å²) in [5.41, 5.74) is 1.22. The van der Waals surface area contributed by atoms with Gasteiger partial charge in [0.15, 0.2) is 0 Å². The van der Waals surface area contributed by atoms with Crippen LogP contribution in [0.25, 0.3) is 0 Å². The maximum absolute atomic E-state index is 11.4. The summed E-state index contributed by atoms with van der Waals surface area (Å²) in [5.74, 6) is 0.258. The van der Waals surface area contributed by atoms with Crippen molar-refractivity contribution >= 4 is 21.9 Å². The molecule has 106 valence electrons. The van der Waals surface area contributed by atoms with E-state index in [0.29, 0.717) is 6.42 Å². The zero-order valence-electron chi connectivity index (χ0n) is 13.6. The van der Waals surface area contributed by atoms with Crippen LogP contribution in [0.3, 0.4) is 0 Å². The third-order valence-electron chi connectivity index (χ3n) is 3.54. The summed E-state index contributed by atoms with van der Waals surface area (Å²) in [7, 11) is -2.61. The van der Waals surface area contributed by atoms with Crippen molar-refractivity contribution < 1.29 is 4.79 Å². The molecule has 0 aromatic rings. The number of hydrogen-bond donors (Lipinski definition) is 0. The van der Waals surface area contributed by atoms with E-state index in [1.54, 1.807) is 12.1 Å². The predicted molar refractivity (Wildman–Crippen MR) is 90.9 cm³/mol. The van der Waals surface area contributed by atoms with Gasteiger partial charge in [-0.1, -0.05) is 67.9 Å². The molecule has 0 aromatic heterocycles. The molecule has 19 heavy (non-hydrogen) atoms. The molecule has 0 saturated carbocycles. The molecule has 0 bridgehead atoms. The first-order valence-corrected chi connectivity index (χ1v) is 14.1. The molecule has 0 saturated heterocycles. The van der Waals surface area contributed by atoms with Gasteiger partial charge in [0.25, 0.3) is 0 Å². The Morgan fingerprint density at radius 3 is 2.05 bits per heavy atom. The predicted octanol–water partition coefficient (Wildman–Crippen LogP) is 4.90. The Balaban J connectivity index is 3.21. The van der Waals surface area contributed by atoms with Crippen LogP contribution >= 0.6 is 0 Å². The average Bonchev–Trinajstić information content (AvgIpc) is 2.37. The smallest absolute Gasteiger partial charge is 0.134 e. The van der Waals surface area contributed by atoms with Crippen molar-refractivity contribution in [3.05, 3.63) is 34.2 Å². The summed E-state index contributed by atoms with van der Waals surface area (Å²) in [5, 5.41) is 3.11. The van der Waals surface area contributed by atoms with Gasteiger partial charge in [0.2, 0.25) is 0 Å². The fraction of sp³-hybridized carbons (Fsp3) is 0.562. The van der Waals surface area contributed by atoms with Gasteiger partial charge in [-0.15, -0.1) is 0 Å². The van der Waals surface area contributed by atoms with E-state index in [4.69, 9.17) is 0 Å². The van der Waals surface area contributed by atoms with Gasteiger partial charge in [-0.25, -0.2) is 0 Å². The number of ketones is 1. The van der Waals surface area contributed by atoms with Crippen molar-refractivity contribution in [2.75, 3.05) is 0 Å². The van der Waals surface area contributed by atoms with Gasteiger partial charge < -0.3 is 0 Å². The van der Waals surface area contributed by atoms with E-state index in [1.807, 2.05) is 0 Å². The molecule has 3 heteroatoms. The summed E-state index contributed by atoms with van der Waals surface area (Å²) in [4.78, 5) is 11.4. The van der Waals surface area contributed by atoms with Gasteiger partial charge in [0.1, 0.15) is 5.78 Å². The first-order valence-electron chi connectivity index (χ1n) is 7.12. The van der Waals surface area contributed by atoms with Gasteiger partial charge in [-0.3, -0.25) is 4.79 Å². The molecule has 0 aromatic carbocycles. The maximum Gasteiger partial charge on any atom is 0.134 e. The zero-order valence-corrected chi connectivity index (χ0v) is 15.6. The number of rotatable bonds is 4. The Morgan fingerprint density at radius 1 is 1.05 bits per heavy atom. The number of allylic oxidation sites excluding steroid dienone is 6. The minimum atomic E-state index is -1.35. The van der Waals surface area contributed by atoms with E-state index < -0.39 is 16.1 Å². The van der Waals surface area contributed by atoms with Crippen molar-refractivity contribution in [1.82, 2.24) is 0 Å². The fourth-order valence-corrected chi connectivity index (χ4v) is 4.83. The molecule has 0 fully saturated rings. The second kappa shape index (κ2) is 5.75. The Morgan fingerprint density at radius 2 is 1.63 bits per heavy atom. The highest BCUT2D eigenvalue weighted by Crippen LogP contribution is 2.29. The lowest BCUT2D eigenvalue weighted by Crippen LogP contribution is -2.27. The van der Waals surface area contributed by atoms with Gasteiger partial charge >= 0.3 is 0 Å². The lowest BCUT2D eigenvalue weighted by Gasteiger charge is -2.23. The SMILES string of the molecule is CC(=O)CC1=CCC([Si](C)(C)C)=CC([Si](C)(C)C)=C1. The molecule has 1 rings (SSSR count). The van der Waals surface area contributed by atoms with Gasteiger partial charge in [-0.05, 0) is 18.9 Å². The lowest BCUT2D eigenvalue weighted by atomic mass is 10.1. The number of carbonyl (C=O) groups is 1. The van der Waals surface area contributed by atoms with Crippen LogP contribution in [-0.2, 0) is 4.79 Å². The summed E-state index contributed by atoms with van der Waals surface area (Å²) in [6, 6.07) is 0. The van der Waals surface area contributed by atoms with E-state index in [2.05, 4.69) is 57.5 Å². The average molecular weight is 293 g/mol. The summed E-state index contributed by atoms with van der Waals surface area (Å²) < 4.78 is 0. The van der Waals surface area contributed by atoms with Gasteiger partial charge in [0.05, 0.1) is 16.1 Å². The quantitative estimate of drug-likeness (QED) is 0.673. The molecule has 1 nitrogen and oxygen atoms in total. The first-order chi connectivity index (χ1) is 8.50. The number of carbonyl (C=O) groups excluding carboxylic acids is 1. The molecule has 0 unspecified atom stereocenters. The van der Waals surface area contributed by atoms with Crippen LogP contribution in [0.2, 0.25) is 39.3 Å². The molecular weight excluding hydrogens is 264 g/mol. The van der Waals surface area contributed by atoms with E-state index in [-0.39, 0.29) is 5.78 Å². The van der Waals surface area contributed by atoms with E-state index in [0.717, 1.165) is 6.42 Å². The van der Waals surface area contributed by atoms with Crippen LogP contribution in [0.5, 0.6) is 0 Å². The molecule has 0 heterocycles. The third-order valence-corrected chi connectivity index (χ3v) is 7.83. The number of Topliss-reactive ketones (excluding diaryl/α,β-unsaturated/α-hetero) is 1. The van der Waals surface area contributed by atoms with Gasteiger partial charge in [0, 0.05) is 6.42 Å². The van der Waals surface area contributed by atoms with Crippen LogP contribution < -0.4 is 0 Å². The topological polar surface area (TPSA) is 17.1 Å². The second-order valence-corrected chi connectivity index (χ2v) is 17.9. The molecule has 0 amide bonds. The Hall–Kier alpha value is -0.676. The van der Waals surface area contributed by atoms with Crippen molar-refractivity contribution in [2.45, 2.75) is 59.0 Å². The van der Waals surface area contributed by atoms with Crippen LogP contribution in [0.1, 0.15) is 19.8 Å². The monoisotopic (exact) mass is 292 g/mol. The molecule has 0 spiro atoms. The molecule has 1 aliphatic carbocycles. The minimum Gasteiger partial charge on any atom is -0.300 e. The van der Waals surface area contributed by atoms with Crippen molar-refractivity contribution in [3.8, 4) is 0 Å². The molecule has 0 radical (unpaired) electrons. The van der Waals surface area contributed by atoms with Crippen LogP contribution in [0, 0.1) is 0 Å². The largest absolute Gasteiger partial charge is 0.300 e. The highest BCUT2D eigenvalue weighted by molar-refractivity contribution is 6.85. The highest BCUT2D eigenvalue weighted by Gasteiger charge is 2.25. The van der Waals surface area contributed by atoms with Crippen LogP contribution in [0.4, 0.5) is 0 Å². The Kier molecular flexibility index (Phi) is 4.96. The lowest BCUT2D eigenvalue weighted by molar-refractivity contribution is -0.116. The molecule has 1 aliphatic rings. The molecule has 0 atom stereocenters. The van der Waals surface area contributed by atoms with Crippen LogP contribution in [-0.4, -0.2) is 21.9 Å². The maximum atomic E-state index is 11.4. The van der Waals surface area contributed by atoms with E-state index in [1.165, 1.54) is 10.8 Å². The Bertz CT molecular complexity index is 454. The Labute approximate surface area is 120 Å². The van der Waals surface area contributed by atoms with E-state index in [9.17, 15) is 4.79 Å². The highest BCUT2D eigenvalue weighted by atomic mass is 28.3. The fourth-order valence-electron chi connectivity index (χ4n) is 2.15. The van der Waals surface area contributed by atoms with Crippen molar-refractivity contribution in [3.63, 3.8) is 0 Å². The zero-order chi connectivity index (χ0) is 14.8. The van der Waals surface area contributed by atoms with E-state index >= 15 is 0 Å².